The van der Waals surface area contributed by atoms with E-state index in [1.165, 1.54) is 0 Å². The first-order chi connectivity index (χ1) is 11.6. The molecular weight excluding hydrogens is 308 g/mol. The van der Waals surface area contributed by atoms with Crippen LogP contribution in [0.25, 0.3) is 16.9 Å². The van der Waals surface area contributed by atoms with E-state index < -0.39 is 5.91 Å². The summed E-state index contributed by atoms with van der Waals surface area (Å²) in [5, 5.41) is 8.07. The highest BCUT2D eigenvalue weighted by atomic mass is 16.7. The van der Waals surface area contributed by atoms with Gasteiger partial charge >= 0.3 is 0 Å². The molecule has 1 aromatic heterocycles. The Morgan fingerprint density at radius 3 is 2.79 bits per heavy atom. The van der Waals surface area contributed by atoms with E-state index in [9.17, 15) is 4.79 Å². The van der Waals surface area contributed by atoms with E-state index in [4.69, 9.17) is 15.2 Å². The third-order valence-corrected chi connectivity index (χ3v) is 3.80. The zero-order chi connectivity index (χ0) is 16.7. The van der Waals surface area contributed by atoms with E-state index in [-0.39, 0.29) is 12.5 Å². The molecule has 1 amide bonds. The molecule has 2 heterocycles. The Morgan fingerprint density at radius 2 is 2.00 bits per heavy atom. The lowest BCUT2D eigenvalue weighted by molar-refractivity contribution is 0.0996. The molecule has 1 aliphatic rings. The first kappa shape index (κ1) is 14.3. The Bertz CT molecular complexity index is 949. The van der Waals surface area contributed by atoms with Crippen molar-refractivity contribution in [3.8, 4) is 28.4 Å². The zero-order valence-electron chi connectivity index (χ0n) is 12.9. The van der Waals surface area contributed by atoms with Gasteiger partial charge < -0.3 is 15.2 Å². The van der Waals surface area contributed by atoms with Gasteiger partial charge in [-0.2, -0.15) is 0 Å². The average Bonchev–Trinajstić information content (AvgIpc) is 3.20. The van der Waals surface area contributed by atoms with Crippen molar-refractivity contribution in [3.05, 3.63) is 53.7 Å². The smallest absolute Gasteiger partial charge is 0.271 e. The van der Waals surface area contributed by atoms with E-state index >= 15 is 0 Å². The summed E-state index contributed by atoms with van der Waals surface area (Å²) < 4.78 is 12.3. The number of nitrogens with two attached hydrogens (primary N) is 1. The Hall–Kier alpha value is -3.35. The Labute approximate surface area is 137 Å². The molecule has 0 fully saturated rings. The SMILES string of the molecule is Cc1cccc(-n2nnc(C(N)=O)c2-c2ccc3c(c2)OCO3)c1. The predicted molar refractivity (Wildman–Crippen MR) is 86.2 cm³/mol. The van der Waals surface area contributed by atoms with E-state index in [1.54, 1.807) is 16.8 Å². The number of hydrogen-bond acceptors (Lipinski definition) is 5. The van der Waals surface area contributed by atoms with Crippen LogP contribution in [0.1, 0.15) is 16.1 Å². The van der Waals surface area contributed by atoms with Crippen LogP contribution < -0.4 is 15.2 Å². The molecule has 7 nitrogen and oxygen atoms in total. The number of amides is 1. The van der Waals surface area contributed by atoms with Gasteiger partial charge in [-0.05, 0) is 42.8 Å². The molecule has 0 spiro atoms. The third kappa shape index (κ3) is 2.26. The molecule has 2 N–H and O–H groups in total. The number of aryl methyl sites for hydroxylation is 1. The minimum absolute atomic E-state index is 0.107. The predicted octanol–water partition coefficient (Wildman–Crippen LogP) is 2.07. The lowest BCUT2D eigenvalue weighted by atomic mass is 10.1. The minimum atomic E-state index is -0.637. The van der Waals surface area contributed by atoms with Gasteiger partial charge in [0.25, 0.3) is 5.91 Å². The number of aromatic nitrogens is 3. The van der Waals surface area contributed by atoms with Gasteiger partial charge in [-0.25, -0.2) is 4.68 Å². The topological polar surface area (TPSA) is 92.3 Å². The van der Waals surface area contributed by atoms with Gasteiger partial charge in [0.1, 0.15) is 5.69 Å². The van der Waals surface area contributed by atoms with Crippen molar-refractivity contribution in [1.29, 1.82) is 0 Å². The molecule has 0 radical (unpaired) electrons. The van der Waals surface area contributed by atoms with Crippen molar-refractivity contribution in [1.82, 2.24) is 15.0 Å². The second kappa shape index (κ2) is 5.38. The second-order valence-electron chi connectivity index (χ2n) is 5.47. The van der Waals surface area contributed by atoms with Crippen molar-refractivity contribution < 1.29 is 14.3 Å². The number of nitrogens with zero attached hydrogens (tertiary/aromatic N) is 3. The van der Waals surface area contributed by atoms with Crippen LogP contribution >= 0.6 is 0 Å². The van der Waals surface area contributed by atoms with Crippen molar-refractivity contribution in [3.63, 3.8) is 0 Å². The van der Waals surface area contributed by atoms with E-state index in [2.05, 4.69) is 10.3 Å². The van der Waals surface area contributed by atoms with Crippen LogP contribution in [0.15, 0.2) is 42.5 Å². The number of ether oxygens (including phenoxy) is 2. The standard InChI is InChI=1S/C17H14N4O3/c1-10-3-2-4-12(7-10)21-16(15(17(18)22)19-20-21)11-5-6-13-14(8-11)24-9-23-13/h2-8H,9H2,1H3,(H2,18,22). The normalized spacial score (nSPS) is 12.4. The molecule has 0 saturated heterocycles. The quantitative estimate of drug-likeness (QED) is 0.797. The van der Waals surface area contributed by atoms with Gasteiger partial charge in [-0.1, -0.05) is 17.3 Å². The molecule has 0 aliphatic carbocycles. The number of hydrogen-bond donors (Lipinski definition) is 1. The highest BCUT2D eigenvalue weighted by molar-refractivity contribution is 5.97. The van der Waals surface area contributed by atoms with Crippen molar-refractivity contribution in [2.24, 2.45) is 5.73 Å². The fourth-order valence-corrected chi connectivity index (χ4v) is 2.69. The molecule has 120 valence electrons. The fraction of sp³-hybridized carbons (Fsp3) is 0.118. The molecule has 4 rings (SSSR count). The molecular formula is C17H14N4O3. The van der Waals surface area contributed by atoms with Gasteiger partial charge in [-0.15, -0.1) is 5.10 Å². The molecule has 24 heavy (non-hydrogen) atoms. The summed E-state index contributed by atoms with van der Waals surface area (Å²) in [7, 11) is 0. The monoisotopic (exact) mass is 322 g/mol. The van der Waals surface area contributed by atoms with Gasteiger partial charge in [0.2, 0.25) is 6.79 Å². The summed E-state index contributed by atoms with van der Waals surface area (Å²) >= 11 is 0. The van der Waals surface area contributed by atoms with Crippen LogP contribution in [0.3, 0.4) is 0 Å². The summed E-state index contributed by atoms with van der Waals surface area (Å²) in [6.45, 7) is 2.16. The van der Waals surface area contributed by atoms with Crippen LogP contribution in [0, 0.1) is 6.92 Å². The maximum absolute atomic E-state index is 11.8. The highest BCUT2D eigenvalue weighted by Crippen LogP contribution is 2.37. The molecule has 1 aliphatic heterocycles. The average molecular weight is 322 g/mol. The molecule has 0 saturated carbocycles. The molecule has 0 bridgehead atoms. The van der Waals surface area contributed by atoms with Crippen LogP contribution in [0.5, 0.6) is 11.5 Å². The maximum atomic E-state index is 11.8. The van der Waals surface area contributed by atoms with Crippen LogP contribution in [0.2, 0.25) is 0 Å². The minimum Gasteiger partial charge on any atom is -0.454 e. The summed E-state index contributed by atoms with van der Waals surface area (Å²) in [5.41, 5.74) is 8.69. The van der Waals surface area contributed by atoms with E-state index in [0.29, 0.717) is 17.2 Å². The lowest BCUT2D eigenvalue weighted by Gasteiger charge is -2.09. The number of primary amides is 1. The van der Waals surface area contributed by atoms with Crippen molar-refractivity contribution in [2.75, 3.05) is 6.79 Å². The Morgan fingerprint density at radius 1 is 1.17 bits per heavy atom. The van der Waals surface area contributed by atoms with Gasteiger partial charge in [0, 0.05) is 5.56 Å². The number of carbonyl (C=O) groups is 1. The Balaban J connectivity index is 1.93. The summed E-state index contributed by atoms with van der Waals surface area (Å²) in [5.74, 6) is 0.635. The van der Waals surface area contributed by atoms with Crippen LogP contribution in [0.4, 0.5) is 0 Å². The van der Waals surface area contributed by atoms with Gasteiger partial charge in [0.05, 0.1) is 5.69 Å². The van der Waals surface area contributed by atoms with Crippen molar-refractivity contribution >= 4 is 5.91 Å². The van der Waals surface area contributed by atoms with Crippen LogP contribution in [-0.2, 0) is 0 Å². The maximum Gasteiger partial charge on any atom is 0.271 e. The molecule has 0 atom stereocenters. The van der Waals surface area contributed by atoms with Gasteiger partial charge in [-0.3, -0.25) is 4.79 Å². The third-order valence-electron chi connectivity index (χ3n) is 3.80. The zero-order valence-corrected chi connectivity index (χ0v) is 12.9. The largest absolute Gasteiger partial charge is 0.454 e. The Kier molecular flexibility index (Phi) is 3.19. The number of benzene rings is 2. The van der Waals surface area contributed by atoms with E-state index in [0.717, 1.165) is 16.8 Å². The first-order valence-electron chi connectivity index (χ1n) is 7.36. The number of rotatable bonds is 3. The lowest BCUT2D eigenvalue weighted by Crippen LogP contribution is -2.13. The number of fused-ring (bicyclic) bond motifs is 1. The first-order valence-corrected chi connectivity index (χ1v) is 7.36. The fourth-order valence-electron chi connectivity index (χ4n) is 2.69. The van der Waals surface area contributed by atoms with E-state index in [1.807, 2.05) is 37.3 Å². The highest BCUT2D eigenvalue weighted by Gasteiger charge is 2.23. The molecule has 7 heteroatoms. The molecule has 3 aromatic rings. The summed E-state index contributed by atoms with van der Waals surface area (Å²) in [4.78, 5) is 11.8. The summed E-state index contributed by atoms with van der Waals surface area (Å²) in [6, 6.07) is 13.1. The summed E-state index contributed by atoms with van der Waals surface area (Å²) in [6.07, 6.45) is 0. The van der Waals surface area contributed by atoms with Gasteiger partial charge in [0.15, 0.2) is 17.2 Å². The molecule has 0 unspecified atom stereocenters. The molecule has 2 aromatic carbocycles. The van der Waals surface area contributed by atoms with Crippen LogP contribution in [-0.4, -0.2) is 27.7 Å². The van der Waals surface area contributed by atoms with Crippen molar-refractivity contribution in [2.45, 2.75) is 6.92 Å². The number of carbonyl (C=O) groups excluding carboxylic acids is 1. The second-order valence-corrected chi connectivity index (χ2v) is 5.47.